The van der Waals surface area contributed by atoms with Crippen LogP contribution in [0.15, 0.2) is 48.5 Å². The average molecular weight is 465 g/mol. The van der Waals surface area contributed by atoms with Crippen LogP contribution in [0.4, 0.5) is 5.13 Å². The van der Waals surface area contributed by atoms with Crippen molar-refractivity contribution in [3.8, 4) is 5.75 Å². The number of amides is 3. The number of ether oxygens (including phenoxy) is 1. The maximum atomic E-state index is 12.4. The lowest BCUT2D eigenvalue weighted by Crippen LogP contribution is -2.31. The second-order valence-electron chi connectivity index (χ2n) is 7.56. The van der Waals surface area contributed by atoms with Gasteiger partial charge in [-0.25, -0.2) is 0 Å². The minimum Gasteiger partial charge on any atom is -0.494 e. The summed E-state index contributed by atoms with van der Waals surface area (Å²) in [6.07, 6.45) is 2.24. The number of fused-ring (bicyclic) bond motifs is 1. The zero-order valence-electron chi connectivity index (χ0n) is 18.2. The monoisotopic (exact) mass is 464 g/mol. The Morgan fingerprint density at radius 2 is 1.73 bits per heavy atom. The quantitative estimate of drug-likeness (QED) is 0.362. The molecule has 3 aromatic rings. The standard InChI is InChI=1S/C24H24N4O4S/c1-2-16-9-11-17(12-10-16)32-15-5-8-20(29)25-24-27-26-21(33-24)13-14-28-22(30)18-6-3-4-7-19(18)23(28)31/h3-4,6-7,9-12H,2,5,8,13-15H2,1H3,(H,25,27,29). The van der Waals surface area contributed by atoms with Gasteiger partial charge in [-0.15, -0.1) is 10.2 Å². The molecule has 0 radical (unpaired) electrons. The molecule has 8 nitrogen and oxygen atoms in total. The summed E-state index contributed by atoms with van der Waals surface area (Å²) in [5.74, 6) is 0.0387. The van der Waals surface area contributed by atoms with Crippen molar-refractivity contribution in [3.05, 3.63) is 70.2 Å². The number of nitrogens with zero attached hydrogens (tertiary/aromatic N) is 3. The maximum Gasteiger partial charge on any atom is 0.261 e. The van der Waals surface area contributed by atoms with Crippen LogP contribution in [0.2, 0.25) is 0 Å². The number of imide groups is 1. The van der Waals surface area contributed by atoms with Crippen molar-refractivity contribution in [3.63, 3.8) is 0 Å². The molecular formula is C24H24N4O4S. The van der Waals surface area contributed by atoms with Gasteiger partial charge >= 0.3 is 0 Å². The van der Waals surface area contributed by atoms with Crippen LogP contribution >= 0.6 is 11.3 Å². The van der Waals surface area contributed by atoms with Gasteiger partial charge in [0.2, 0.25) is 11.0 Å². The molecule has 170 valence electrons. The molecule has 1 N–H and O–H groups in total. The largest absolute Gasteiger partial charge is 0.494 e. The van der Waals surface area contributed by atoms with Crippen molar-refractivity contribution in [2.24, 2.45) is 0 Å². The third-order valence-corrected chi connectivity index (χ3v) is 6.19. The van der Waals surface area contributed by atoms with Crippen molar-refractivity contribution < 1.29 is 19.1 Å². The van der Waals surface area contributed by atoms with Gasteiger partial charge in [-0.05, 0) is 42.7 Å². The minimum absolute atomic E-state index is 0.164. The van der Waals surface area contributed by atoms with E-state index in [1.165, 1.54) is 21.8 Å². The van der Waals surface area contributed by atoms with Crippen molar-refractivity contribution in [1.82, 2.24) is 15.1 Å². The number of benzene rings is 2. The number of nitrogens with one attached hydrogen (secondary N) is 1. The predicted octanol–water partition coefficient (Wildman–Crippen LogP) is 3.74. The number of hydrogen-bond acceptors (Lipinski definition) is 7. The smallest absolute Gasteiger partial charge is 0.261 e. The molecular weight excluding hydrogens is 440 g/mol. The number of hydrogen-bond donors (Lipinski definition) is 1. The summed E-state index contributed by atoms with van der Waals surface area (Å²) >= 11 is 1.24. The van der Waals surface area contributed by atoms with Crippen LogP contribution in [0.1, 0.15) is 51.1 Å². The van der Waals surface area contributed by atoms with E-state index in [1.54, 1.807) is 24.3 Å². The van der Waals surface area contributed by atoms with E-state index >= 15 is 0 Å². The number of aryl methyl sites for hydroxylation is 1. The van der Waals surface area contributed by atoms with Gasteiger partial charge in [0.25, 0.3) is 11.8 Å². The summed E-state index contributed by atoms with van der Waals surface area (Å²) in [6.45, 7) is 2.76. The molecule has 9 heteroatoms. The summed E-state index contributed by atoms with van der Waals surface area (Å²) < 4.78 is 5.67. The Bertz CT molecular complexity index is 1120. The summed E-state index contributed by atoms with van der Waals surface area (Å²) in [6, 6.07) is 14.7. The van der Waals surface area contributed by atoms with Gasteiger partial charge in [-0.2, -0.15) is 0 Å². The Balaban J connectivity index is 1.19. The SMILES string of the molecule is CCc1ccc(OCCCC(=O)Nc2nnc(CCN3C(=O)c4ccccc4C3=O)s2)cc1. The van der Waals surface area contributed by atoms with E-state index in [0.717, 1.165) is 12.2 Å². The molecule has 0 unspecified atom stereocenters. The van der Waals surface area contributed by atoms with Gasteiger partial charge in [0.15, 0.2) is 0 Å². The van der Waals surface area contributed by atoms with Crippen molar-refractivity contribution in [2.75, 3.05) is 18.5 Å². The van der Waals surface area contributed by atoms with Crippen LogP contribution in [0.5, 0.6) is 5.75 Å². The topological polar surface area (TPSA) is 101 Å². The molecule has 33 heavy (non-hydrogen) atoms. The molecule has 3 amide bonds. The summed E-state index contributed by atoms with van der Waals surface area (Å²) in [7, 11) is 0. The van der Waals surface area contributed by atoms with Gasteiger partial charge in [0, 0.05) is 19.4 Å². The van der Waals surface area contributed by atoms with Gasteiger partial charge in [-0.3, -0.25) is 19.3 Å². The molecule has 2 heterocycles. The third-order valence-electron chi connectivity index (χ3n) is 5.29. The lowest BCUT2D eigenvalue weighted by Gasteiger charge is -2.12. The first-order valence-corrected chi connectivity index (χ1v) is 11.7. The van der Waals surface area contributed by atoms with Crippen molar-refractivity contribution in [2.45, 2.75) is 32.6 Å². The molecule has 0 atom stereocenters. The number of rotatable bonds is 10. The van der Waals surface area contributed by atoms with E-state index < -0.39 is 0 Å². The molecule has 0 saturated carbocycles. The fourth-order valence-electron chi connectivity index (χ4n) is 3.48. The van der Waals surface area contributed by atoms with Crippen LogP contribution in [0.25, 0.3) is 0 Å². The Morgan fingerprint density at radius 3 is 2.39 bits per heavy atom. The molecule has 0 aliphatic carbocycles. The molecule has 2 aromatic carbocycles. The highest BCUT2D eigenvalue weighted by Gasteiger charge is 2.34. The van der Waals surface area contributed by atoms with Crippen LogP contribution in [-0.4, -0.2) is 46.0 Å². The molecule has 1 aliphatic heterocycles. The first-order chi connectivity index (χ1) is 16.0. The summed E-state index contributed by atoms with van der Waals surface area (Å²) in [4.78, 5) is 38.3. The van der Waals surface area contributed by atoms with E-state index in [-0.39, 0.29) is 24.3 Å². The van der Waals surface area contributed by atoms with Crippen LogP contribution in [-0.2, 0) is 17.6 Å². The molecule has 4 rings (SSSR count). The molecule has 1 aromatic heterocycles. The van der Waals surface area contributed by atoms with Gasteiger partial charge in [0.05, 0.1) is 17.7 Å². The molecule has 0 bridgehead atoms. The fraction of sp³-hybridized carbons (Fsp3) is 0.292. The molecule has 1 aliphatic rings. The Morgan fingerprint density at radius 1 is 1.03 bits per heavy atom. The first kappa shape index (κ1) is 22.6. The second kappa shape index (κ2) is 10.4. The van der Waals surface area contributed by atoms with Crippen LogP contribution < -0.4 is 10.1 Å². The number of carbonyl (C=O) groups excluding carboxylic acids is 3. The lowest BCUT2D eigenvalue weighted by molar-refractivity contribution is -0.116. The summed E-state index contributed by atoms with van der Waals surface area (Å²) in [5.41, 5.74) is 2.10. The van der Waals surface area contributed by atoms with Crippen LogP contribution in [0.3, 0.4) is 0 Å². The van der Waals surface area contributed by atoms with Crippen LogP contribution in [0, 0.1) is 0 Å². The Kier molecular flexibility index (Phi) is 7.09. The van der Waals surface area contributed by atoms with Crippen molar-refractivity contribution in [1.29, 1.82) is 0 Å². The number of anilines is 1. The van der Waals surface area contributed by atoms with Gasteiger partial charge in [-0.1, -0.05) is 42.5 Å². The highest BCUT2D eigenvalue weighted by atomic mass is 32.1. The van der Waals surface area contributed by atoms with Crippen molar-refractivity contribution >= 4 is 34.2 Å². The molecule has 0 spiro atoms. The lowest BCUT2D eigenvalue weighted by atomic mass is 10.1. The molecule has 0 saturated heterocycles. The van der Waals surface area contributed by atoms with Gasteiger partial charge < -0.3 is 10.1 Å². The highest BCUT2D eigenvalue weighted by Crippen LogP contribution is 2.23. The molecule has 0 fully saturated rings. The first-order valence-electron chi connectivity index (χ1n) is 10.8. The van der Waals surface area contributed by atoms with E-state index in [0.29, 0.717) is 47.1 Å². The third kappa shape index (κ3) is 5.43. The summed E-state index contributed by atoms with van der Waals surface area (Å²) in [5, 5.41) is 11.8. The Labute approximate surface area is 195 Å². The average Bonchev–Trinajstić information content (AvgIpc) is 3.38. The minimum atomic E-state index is -0.294. The predicted molar refractivity (Wildman–Crippen MR) is 125 cm³/mol. The maximum absolute atomic E-state index is 12.4. The van der Waals surface area contributed by atoms with Gasteiger partial charge in [0.1, 0.15) is 10.8 Å². The normalized spacial score (nSPS) is 12.7. The number of carbonyl (C=O) groups is 3. The zero-order valence-corrected chi connectivity index (χ0v) is 19.1. The van der Waals surface area contributed by atoms with E-state index in [4.69, 9.17) is 4.74 Å². The zero-order chi connectivity index (χ0) is 23.2. The van der Waals surface area contributed by atoms with E-state index in [9.17, 15) is 14.4 Å². The van der Waals surface area contributed by atoms with E-state index in [1.807, 2.05) is 24.3 Å². The highest BCUT2D eigenvalue weighted by molar-refractivity contribution is 7.15. The number of aromatic nitrogens is 2. The Hall–Kier alpha value is -3.59. The van der Waals surface area contributed by atoms with E-state index in [2.05, 4.69) is 22.4 Å². The fourth-order valence-corrected chi connectivity index (χ4v) is 4.23. The second-order valence-corrected chi connectivity index (χ2v) is 8.62.